The van der Waals surface area contributed by atoms with Crippen LogP contribution in [0.15, 0.2) is 42.5 Å². The van der Waals surface area contributed by atoms with E-state index in [1.165, 1.54) is 18.2 Å². The number of hydrogen-bond donors (Lipinski definition) is 1. The Labute approximate surface area is 146 Å². The van der Waals surface area contributed by atoms with Gasteiger partial charge in [0.1, 0.15) is 5.75 Å². The van der Waals surface area contributed by atoms with E-state index in [1.807, 2.05) is 0 Å². The lowest BCUT2D eigenvalue weighted by molar-refractivity contribution is -0.125. The first-order valence-corrected chi connectivity index (χ1v) is 7.66. The number of nitrogens with one attached hydrogen (secondary N) is 1. The molecule has 0 radical (unpaired) electrons. The molecule has 0 bridgehead atoms. The number of halogens is 3. The van der Waals surface area contributed by atoms with E-state index in [2.05, 4.69) is 10.1 Å². The van der Waals surface area contributed by atoms with Crippen LogP contribution in [0.25, 0.3) is 0 Å². The second kappa shape index (κ2) is 7.06. The average molecular weight is 368 g/mol. The van der Waals surface area contributed by atoms with Crippen molar-refractivity contribution in [2.24, 2.45) is 0 Å². The minimum Gasteiger partial charge on any atom is -0.448 e. The molecule has 1 aliphatic rings. The van der Waals surface area contributed by atoms with Crippen LogP contribution in [0.1, 0.15) is 15.9 Å². The van der Waals surface area contributed by atoms with Crippen LogP contribution in [-0.4, -0.2) is 24.6 Å². The number of benzene rings is 2. The van der Waals surface area contributed by atoms with Crippen LogP contribution in [0.5, 0.6) is 5.75 Å². The molecule has 2 aromatic carbocycles. The maximum atomic E-state index is 12.3. The zero-order valence-electron chi connectivity index (χ0n) is 12.7. The smallest absolute Gasteiger partial charge is 0.387 e. The fourth-order valence-electron chi connectivity index (χ4n) is 2.47. The number of hydrogen-bond acceptors (Lipinski definition) is 4. The molecule has 25 heavy (non-hydrogen) atoms. The van der Waals surface area contributed by atoms with Crippen LogP contribution < -0.4 is 10.1 Å². The highest BCUT2D eigenvalue weighted by atomic mass is 35.5. The number of rotatable bonds is 4. The molecule has 0 spiro atoms. The molecule has 0 aliphatic carbocycles. The molecular formula is C17H12ClF2NO4. The molecule has 0 saturated heterocycles. The lowest BCUT2D eigenvalue weighted by atomic mass is 9.98. The van der Waals surface area contributed by atoms with Crippen molar-refractivity contribution in [2.45, 2.75) is 19.1 Å². The standard InChI is InChI=1S/C17H12ClF2NO4/c18-12-8-10(5-6-13(12)25-17(19)20)21-15(22)14-7-9-3-1-2-4-11(9)16(23)24-14/h1-6,8,14,17H,7H2,(H,21,22). The Morgan fingerprint density at radius 3 is 2.76 bits per heavy atom. The van der Waals surface area contributed by atoms with E-state index in [1.54, 1.807) is 24.3 Å². The van der Waals surface area contributed by atoms with Crippen molar-refractivity contribution in [3.63, 3.8) is 0 Å². The molecule has 0 saturated carbocycles. The van der Waals surface area contributed by atoms with E-state index in [0.29, 0.717) is 5.56 Å². The van der Waals surface area contributed by atoms with Gasteiger partial charge in [0.15, 0.2) is 6.10 Å². The summed E-state index contributed by atoms with van der Waals surface area (Å²) in [5.41, 5.74) is 1.42. The predicted octanol–water partition coefficient (Wildman–Crippen LogP) is 3.66. The van der Waals surface area contributed by atoms with E-state index in [0.717, 1.165) is 5.56 Å². The summed E-state index contributed by atoms with van der Waals surface area (Å²) < 4.78 is 33.8. The molecule has 0 fully saturated rings. The topological polar surface area (TPSA) is 64.6 Å². The molecule has 2 aromatic rings. The number of carbonyl (C=O) groups is 2. The van der Waals surface area contributed by atoms with E-state index < -0.39 is 24.6 Å². The second-order valence-corrected chi connectivity index (χ2v) is 5.68. The minimum atomic E-state index is -3.00. The Hall–Kier alpha value is -2.67. The van der Waals surface area contributed by atoms with E-state index >= 15 is 0 Å². The van der Waals surface area contributed by atoms with Gasteiger partial charge in [0, 0.05) is 12.1 Å². The molecule has 1 unspecified atom stereocenters. The summed E-state index contributed by atoms with van der Waals surface area (Å²) in [6.45, 7) is -3.00. The van der Waals surface area contributed by atoms with Gasteiger partial charge in [-0.25, -0.2) is 4.79 Å². The van der Waals surface area contributed by atoms with E-state index in [4.69, 9.17) is 16.3 Å². The summed E-state index contributed by atoms with van der Waals surface area (Å²) in [6, 6.07) is 10.7. The summed E-state index contributed by atoms with van der Waals surface area (Å²) in [7, 11) is 0. The number of fused-ring (bicyclic) bond motifs is 1. The van der Waals surface area contributed by atoms with Gasteiger partial charge in [-0.05, 0) is 29.8 Å². The van der Waals surface area contributed by atoms with Crippen molar-refractivity contribution in [2.75, 3.05) is 5.32 Å². The number of esters is 1. The van der Waals surface area contributed by atoms with Gasteiger partial charge in [0.2, 0.25) is 0 Å². The number of cyclic esters (lactones) is 1. The van der Waals surface area contributed by atoms with Gasteiger partial charge in [-0.1, -0.05) is 29.8 Å². The number of carbonyl (C=O) groups excluding carboxylic acids is 2. The molecule has 1 amide bonds. The lowest BCUT2D eigenvalue weighted by Crippen LogP contribution is -2.37. The molecule has 8 heteroatoms. The summed E-state index contributed by atoms with van der Waals surface area (Å²) >= 11 is 5.84. The second-order valence-electron chi connectivity index (χ2n) is 5.27. The first kappa shape index (κ1) is 17.2. The van der Waals surface area contributed by atoms with Gasteiger partial charge in [0.05, 0.1) is 10.6 Å². The largest absolute Gasteiger partial charge is 0.448 e. The number of anilines is 1. The van der Waals surface area contributed by atoms with Crippen molar-refractivity contribution in [1.29, 1.82) is 0 Å². The highest BCUT2D eigenvalue weighted by Gasteiger charge is 2.31. The Balaban J connectivity index is 1.71. The van der Waals surface area contributed by atoms with Gasteiger partial charge in [0.25, 0.3) is 5.91 Å². The zero-order valence-corrected chi connectivity index (χ0v) is 13.4. The third-order valence-corrected chi connectivity index (χ3v) is 3.90. The van der Waals surface area contributed by atoms with Crippen molar-refractivity contribution < 1.29 is 27.8 Å². The van der Waals surface area contributed by atoms with Crippen molar-refractivity contribution in [3.05, 3.63) is 58.6 Å². The Kier molecular flexibility index (Phi) is 4.85. The van der Waals surface area contributed by atoms with Crippen molar-refractivity contribution in [3.8, 4) is 5.75 Å². The molecular weight excluding hydrogens is 356 g/mol. The number of amides is 1. The quantitative estimate of drug-likeness (QED) is 0.838. The molecule has 5 nitrogen and oxygen atoms in total. The maximum absolute atomic E-state index is 12.3. The van der Waals surface area contributed by atoms with Crippen LogP contribution in [0.4, 0.5) is 14.5 Å². The molecule has 1 heterocycles. The molecule has 130 valence electrons. The normalized spacial score (nSPS) is 16.2. The van der Waals surface area contributed by atoms with Crippen LogP contribution in [0, 0.1) is 0 Å². The number of alkyl halides is 2. The zero-order chi connectivity index (χ0) is 18.0. The number of ether oxygens (including phenoxy) is 2. The summed E-state index contributed by atoms with van der Waals surface area (Å²) in [5, 5.41) is 2.46. The third-order valence-electron chi connectivity index (χ3n) is 3.60. The minimum absolute atomic E-state index is 0.0796. The van der Waals surface area contributed by atoms with Crippen molar-refractivity contribution >= 4 is 29.2 Å². The van der Waals surface area contributed by atoms with Gasteiger partial charge in [-0.2, -0.15) is 8.78 Å². The summed E-state index contributed by atoms with van der Waals surface area (Å²) in [6.07, 6.45) is -0.744. The molecule has 1 aliphatic heterocycles. The van der Waals surface area contributed by atoms with Crippen LogP contribution >= 0.6 is 11.6 Å². The summed E-state index contributed by atoms with van der Waals surface area (Å²) in [4.78, 5) is 24.3. The third kappa shape index (κ3) is 3.88. The maximum Gasteiger partial charge on any atom is 0.387 e. The Morgan fingerprint density at radius 2 is 2.04 bits per heavy atom. The summed E-state index contributed by atoms with van der Waals surface area (Å²) in [5.74, 6) is -1.31. The van der Waals surface area contributed by atoms with Crippen molar-refractivity contribution in [1.82, 2.24) is 0 Å². The predicted molar refractivity (Wildman–Crippen MR) is 86.1 cm³/mol. The molecule has 1 N–H and O–H groups in total. The van der Waals surface area contributed by atoms with Gasteiger partial charge in [-0.15, -0.1) is 0 Å². The molecule has 0 aromatic heterocycles. The Bertz CT molecular complexity index is 828. The average Bonchev–Trinajstić information content (AvgIpc) is 2.57. The highest BCUT2D eigenvalue weighted by molar-refractivity contribution is 6.32. The monoisotopic (exact) mass is 367 g/mol. The van der Waals surface area contributed by atoms with E-state index in [9.17, 15) is 18.4 Å². The van der Waals surface area contributed by atoms with Gasteiger partial charge < -0.3 is 14.8 Å². The van der Waals surface area contributed by atoms with Crippen LogP contribution in [0.2, 0.25) is 5.02 Å². The van der Waals surface area contributed by atoms with Gasteiger partial charge >= 0.3 is 12.6 Å². The fraction of sp³-hybridized carbons (Fsp3) is 0.176. The van der Waals surface area contributed by atoms with Crippen LogP contribution in [-0.2, 0) is 16.0 Å². The Morgan fingerprint density at radius 1 is 1.28 bits per heavy atom. The first-order chi connectivity index (χ1) is 11.9. The van der Waals surface area contributed by atoms with Crippen LogP contribution in [0.3, 0.4) is 0 Å². The lowest BCUT2D eigenvalue weighted by Gasteiger charge is -2.23. The first-order valence-electron chi connectivity index (χ1n) is 7.28. The van der Waals surface area contributed by atoms with Gasteiger partial charge in [-0.3, -0.25) is 4.79 Å². The SMILES string of the molecule is O=C1OC(C(=O)Nc2ccc(OC(F)F)c(Cl)c2)Cc2ccccc21. The molecule has 1 atom stereocenters. The van der Waals surface area contributed by atoms with E-state index in [-0.39, 0.29) is 22.9 Å². The fourth-order valence-corrected chi connectivity index (χ4v) is 2.70. The highest BCUT2D eigenvalue weighted by Crippen LogP contribution is 2.29. The molecule has 3 rings (SSSR count).